The molecule has 0 aromatic carbocycles. The molecule has 14 heavy (non-hydrogen) atoms. The lowest BCUT2D eigenvalue weighted by Crippen LogP contribution is -2.26. The van der Waals surface area contributed by atoms with Gasteiger partial charge in [-0.1, -0.05) is 12.8 Å². The van der Waals surface area contributed by atoms with Crippen molar-refractivity contribution in [3.05, 3.63) is 17.7 Å². The van der Waals surface area contributed by atoms with Gasteiger partial charge in [-0.05, 0) is 19.8 Å². The van der Waals surface area contributed by atoms with E-state index in [1.807, 2.05) is 6.20 Å². The van der Waals surface area contributed by atoms with Crippen LogP contribution in [0, 0.1) is 6.92 Å². The third-order valence-corrected chi connectivity index (χ3v) is 3.22. The molecule has 0 unspecified atom stereocenters. The van der Waals surface area contributed by atoms with Gasteiger partial charge in [0.05, 0.1) is 6.54 Å². The van der Waals surface area contributed by atoms with Gasteiger partial charge in [0.1, 0.15) is 5.82 Å². The minimum atomic E-state index is 0.729. The van der Waals surface area contributed by atoms with Gasteiger partial charge in [-0.2, -0.15) is 0 Å². The molecular formula is C11H19N3. The molecule has 3 nitrogen and oxygen atoms in total. The third-order valence-electron chi connectivity index (χ3n) is 3.22. The lowest BCUT2D eigenvalue weighted by molar-refractivity contribution is 0.506. The second kappa shape index (κ2) is 4.13. The van der Waals surface area contributed by atoms with Crippen LogP contribution >= 0.6 is 0 Å². The number of hydrogen-bond donors (Lipinski definition) is 1. The predicted molar refractivity (Wildman–Crippen MR) is 57.0 cm³/mol. The first-order chi connectivity index (χ1) is 6.77. The molecule has 0 spiro atoms. The van der Waals surface area contributed by atoms with Crippen molar-refractivity contribution in [2.24, 2.45) is 7.05 Å². The van der Waals surface area contributed by atoms with Gasteiger partial charge in [0, 0.05) is 25.0 Å². The van der Waals surface area contributed by atoms with Crippen molar-refractivity contribution in [3.63, 3.8) is 0 Å². The molecule has 2 rings (SSSR count). The summed E-state index contributed by atoms with van der Waals surface area (Å²) in [6.07, 6.45) is 7.38. The highest BCUT2D eigenvalue weighted by Crippen LogP contribution is 2.17. The molecule has 0 bridgehead atoms. The molecule has 1 fully saturated rings. The molecule has 0 saturated heterocycles. The van der Waals surface area contributed by atoms with Gasteiger partial charge >= 0.3 is 0 Å². The molecule has 3 heteroatoms. The fourth-order valence-electron chi connectivity index (χ4n) is 2.07. The number of aromatic nitrogens is 2. The smallest absolute Gasteiger partial charge is 0.122 e. The lowest BCUT2D eigenvalue weighted by atomic mass is 10.2. The van der Waals surface area contributed by atoms with Crippen LogP contribution in [0.1, 0.15) is 37.2 Å². The Morgan fingerprint density at radius 3 is 2.79 bits per heavy atom. The summed E-state index contributed by atoms with van der Waals surface area (Å²) in [6, 6.07) is 0.729. The van der Waals surface area contributed by atoms with Crippen molar-refractivity contribution in [1.29, 1.82) is 0 Å². The fourth-order valence-corrected chi connectivity index (χ4v) is 2.07. The van der Waals surface area contributed by atoms with Crippen molar-refractivity contribution in [3.8, 4) is 0 Å². The van der Waals surface area contributed by atoms with Crippen LogP contribution in [0.25, 0.3) is 0 Å². The minimum absolute atomic E-state index is 0.729. The number of hydrogen-bond acceptors (Lipinski definition) is 2. The average Bonchev–Trinajstić information content (AvgIpc) is 2.77. The summed E-state index contributed by atoms with van der Waals surface area (Å²) in [4.78, 5) is 4.38. The molecule has 0 amide bonds. The zero-order chi connectivity index (χ0) is 9.97. The molecule has 0 atom stereocenters. The van der Waals surface area contributed by atoms with Gasteiger partial charge in [-0.3, -0.25) is 0 Å². The van der Waals surface area contributed by atoms with E-state index in [1.165, 1.54) is 31.4 Å². The highest BCUT2D eigenvalue weighted by atomic mass is 15.1. The Labute approximate surface area is 85.5 Å². The number of nitrogens with zero attached hydrogens (tertiary/aromatic N) is 2. The Bertz CT molecular complexity index is 297. The molecule has 1 N–H and O–H groups in total. The van der Waals surface area contributed by atoms with E-state index in [9.17, 15) is 0 Å². The maximum absolute atomic E-state index is 4.38. The van der Waals surface area contributed by atoms with Gasteiger partial charge in [0.2, 0.25) is 0 Å². The molecular weight excluding hydrogens is 174 g/mol. The monoisotopic (exact) mass is 193 g/mol. The Balaban J connectivity index is 1.88. The van der Waals surface area contributed by atoms with Crippen LogP contribution in [0.4, 0.5) is 0 Å². The number of aryl methyl sites for hydroxylation is 1. The van der Waals surface area contributed by atoms with E-state index in [0.29, 0.717) is 0 Å². The lowest BCUT2D eigenvalue weighted by Gasteiger charge is -2.11. The van der Waals surface area contributed by atoms with Gasteiger partial charge in [-0.15, -0.1) is 0 Å². The first kappa shape index (κ1) is 9.71. The van der Waals surface area contributed by atoms with Crippen LogP contribution in [0.15, 0.2) is 6.20 Å². The largest absolute Gasteiger partial charge is 0.334 e. The Kier molecular flexibility index (Phi) is 2.87. The summed E-state index contributed by atoms with van der Waals surface area (Å²) in [5.41, 5.74) is 1.23. The normalized spacial score (nSPS) is 17.9. The Morgan fingerprint density at radius 1 is 1.50 bits per heavy atom. The van der Waals surface area contributed by atoms with Crippen LogP contribution in [-0.2, 0) is 13.6 Å². The van der Waals surface area contributed by atoms with Crippen LogP contribution in [0.3, 0.4) is 0 Å². The summed E-state index contributed by atoms with van der Waals surface area (Å²) in [5.74, 6) is 1.15. The van der Waals surface area contributed by atoms with Crippen LogP contribution in [-0.4, -0.2) is 15.6 Å². The topological polar surface area (TPSA) is 29.9 Å². The molecule has 78 valence electrons. The highest BCUT2D eigenvalue weighted by molar-refractivity contribution is 5.02. The summed E-state index contributed by atoms with van der Waals surface area (Å²) in [7, 11) is 2.08. The molecule has 1 aliphatic rings. The average molecular weight is 193 g/mol. The van der Waals surface area contributed by atoms with E-state index in [-0.39, 0.29) is 0 Å². The van der Waals surface area contributed by atoms with Gasteiger partial charge in [0.15, 0.2) is 0 Å². The van der Waals surface area contributed by atoms with E-state index in [4.69, 9.17) is 0 Å². The second-order valence-corrected chi connectivity index (χ2v) is 4.24. The van der Waals surface area contributed by atoms with E-state index in [1.54, 1.807) is 0 Å². The molecule has 1 aliphatic carbocycles. The summed E-state index contributed by atoms with van der Waals surface area (Å²) < 4.78 is 2.15. The first-order valence-corrected chi connectivity index (χ1v) is 5.48. The van der Waals surface area contributed by atoms with E-state index in [0.717, 1.165) is 18.4 Å². The van der Waals surface area contributed by atoms with Crippen LogP contribution in [0.2, 0.25) is 0 Å². The van der Waals surface area contributed by atoms with Crippen molar-refractivity contribution < 1.29 is 0 Å². The Morgan fingerprint density at radius 2 is 2.21 bits per heavy atom. The Hall–Kier alpha value is -0.830. The highest BCUT2D eigenvalue weighted by Gasteiger charge is 2.14. The van der Waals surface area contributed by atoms with Crippen molar-refractivity contribution in [2.45, 2.75) is 45.2 Å². The molecule has 1 heterocycles. The SMILES string of the molecule is Cc1cnc(CNC2CCCC2)n1C. The van der Waals surface area contributed by atoms with E-state index < -0.39 is 0 Å². The molecule has 1 aromatic heterocycles. The van der Waals surface area contributed by atoms with E-state index >= 15 is 0 Å². The number of nitrogens with one attached hydrogen (secondary N) is 1. The van der Waals surface area contributed by atoms with Crippen molar-refractivity contribution in [2.75, 3.05) is 0 Å². The third kappa shape index (κ3) is 1.98. The predicted octanol–water partition coefficient (Wildman–Crippen LogP) is 1.76. The molecule has 0 aliphatic heterocycles. The van der Waals surface area contributed by atoms with Crippen molar-refractivity contribution in [1.82, 2.24) is 14.9 Å². The molecule has 0 radical (unpaired) electrons. The first-order valence-electron chi connectivity index (χ1n) is 5.48. The fraction of sp³-hybridized carbons (Fsp3) is 0.727. The second-order valence-electron chi connectivity index (χ2n) is 4.24. The zero-order valence-corrected chi connectivity index (χ0v) is 9.08. The van der Waals surface area contributed by atoms with Gasteiger partial charge in [0.25, 0.3) is 0 Å². The molecule has 1 aromatic rings. The summed E-state index contributed by atoms with van der Waals surface area (Å²) in [6.45, 7) is 3.00. The maximum Gasteiger partial charge on any atom is 0.122 e. The minimum Gasteiger partial charge on any atom is -0.334 e. The number of imidazole rings is 1. The molecule has 1 saturated carbocycles. The van der Waals surface area contributed by atoms with Crippen molar-refractivity contribution >= 4 is 0 Å². The summed E-state index contributed by atoms with van der Waals surface area (Å²) >= 11 is 0. The van der Waals surface area contributed by atoms with Crippen LogP contribution < -0.4 is 5.32 Å². The van der Waals surface area contributed by atoms with Crippen LogP contribution in [0.5, 0.6) is 0 Å². The van der Waals surface area contributed by atoms with Gasteiger partial charge < -0.3 is 9.88 Å². The zero-order valence-electron chi connectivity index (χ0n) is 9.08. The standard InChI is InChI=1S/C11H19N3/c1-9-7-13-11(14(9)2)8-12-10-5-3-4-6-10/h7,10,12H,3-6,8H2,1-2H3. The van der Waals surface area contributed by atoms with E-state index in [2.05, 4.69) is 28.8 Å². The quantitative estimate of drug-likeness (QED) is 0.792. The van der Waals surface area contributed by atoms with Gasteiger partial charge in [-0.25, -0.2) is 4.98 Å². The number of rotatable bonds is 3. The maximum atomic E-state index is 4.38. The summed E-state index contributed by atoms with van der Waals surface area (Å²) in [5, 5.41) is 3.57.